The number of carbonyl (C=O) groups excluding carboxylic acids is 2. The normalized spacial score (nSPS) is 23.9. The fourth-order valence-electron chi connectivity index (χ4n) is 5.10. The van der Waals surface area contributed by atoms with Crippen LogP contribution in [0.25, 0.3) is 6.08 Å². The number of hydrogen-bond acceptors (Lipinski definition) is 3. The van der Waals surface area contributed by atoms with Crippen molar-refractivity contribution in [2.45, 2.75) is 42.8 Å². The molecule has 2 aromatic carbocycles. The number of rotatable bonds is 3. The van der Waals surface area contributed by atoms with Gasteiger partial charge < -0.3 is 4.74 Å². The third-order valence-electron chi connectivity index (χ3n) is 6.70. The quantitative estimate of drug-likeness (QED) is 0.316. The van der Waals surface area contributed by atoms with Gasteiger partial charge in [0.05, 0.1) is 7.11 Å². The molecule has 2 aliphatic rings. The highest BCUT2D eigenvalue weighted by molar-refractivity contribution is 9.11. The van der Waals surface area contributed by atoms with E-state index in [1.165, 1.54) is 36.4 Å². The fraction of sp³-hybridized carbons (Fsp3) is 0.333. The molecule has 1 saturated carbocycles. The molecular formula is C24H19BrClF4NO3. The van der Waals surface area contributed by atoms with Gasteiger partial charge in [0.2, 0.25) is 0 Å². The lowest BCUT2D eigenvalue weighted by Crippen LogP contribution is -2.63. The number of carbonyl (C=O) groups is 2. The van der Waals surface area contributed by atoms with E-state index >= 15 is 0 Å². The molecule has 0 N–H and O–H groups in total. The van der Waals surface area contributed by atoms with Crippen LogP contribution < -0.4 is 4.90 Å². The van der Waals surface area contributed by atoms with E-state index in [1.54, 1.807) is 12.1 Å². The van der Waals surface area contributed by atoms with Gasteiger partial charge in [-0.1, -0.05) is 39.7 Å². The lowest BCUT2D eigenvalue weighted by Gasteiger charge is -2.49. The molecule has 4 rings (SSSR count). The van der Waals surface area contributed by atoms with Crippen LogP contribution in [0.15, 0.2) is 46.9 Å². The van der Waals surface area contributed by atoms with Crippen LogP contribution in [0.4, 0.5) is 23.2 Å². The molecule has 34 heavy (non-hydrogen) atoms. The number of benzene rings is 2. The molecule has 2 aliphatic carbocycles. The molecule has 0 atom stereocenters. The number of fused-ring (bicyclic) bond motifs is 2. The predicted octanol–water partition coefficient (Wildman–Crippen LogP) is 6.55. The smallest absolute Gasteiger partial charge is 0.467 e. The van der Waals surface area contributed by atoms with Crippen LogP contribution in [0, 0.1) is 5.82 Å². The van der Waals surface area contributed by atoms with Crippen molar-refractivity contribution >= 4 is 51.2 Å². The van der Waals surface area contributed by atoms with Crippen LogP contribution in [0.1, 0.15) is 36.8 Å². The molecule has 10 heteroatoms. The number of methoxy groups -OCH3 is 1. The lowest BCUT2D eigenvalue weighted by molar-refractivity contribution is -0.174. The van der Waals surface area contributed by atoms with Gasteiger partial charge in [0.25, 0.3) is 0 Å². The van der Waals surface area contributed by atoms with Crippen LogP contribution in [0.3, 0.4) is 0 Å². The SMILES string of the molecule is COC(=O)C1(N(C(=O)C(F)(F)F)c2cccc(Cl)c2)CCC2(CC1)C(Br)=Cc1cc(F)ccc12. The minimum absolute atomic E-state index is 0.113. The summed E-state index contributed by atoms with van der Waals surface area (Å²) in [5, 5.41) is 0.113. The van der Waals surface area contributed by atoms with E-state index in [0.717, 1.165) is 17.2 Å². The molecule has 0 radical (unpaired) electrons. The number of anilines is 1. The Morgan fingerprint density at radius 2 is 1.76 bits per heavy atom. The molecular weight excluding hydrogens is 542 g/mol. The molecule has 1 amide bonds. The molecule has 1 spiro atoms. The number of amides is 1. The van der Waals surface area contributed by atoms with Gasteiger partial charge in [-0.25, -0.2) is 9.18 Å². The molecule has 0 saturated heterocycles. The van der Waals surface area contributed by atoms with Gasteiger partial charge in [-0.3, -0.25) is 9.69 Å². The summed E-state index contributed by atoms with van der Waals surface area (Å²) in [4.78, 5) is 26.3. The van der Waals surface area contributed by atoms with Crippen LogP contribution in [-0.4, -0.2) is 30.7 Å². The van der Waals surface area contributed by atoms with Crippen molar-refractivity contribution in [3.8, 4) is 0 Å². The van der Waals surface area contributed by atoms with Gasteiger partial charge in [0.15, 0.2) is 0 Å². The molecule has 0 aromatic heterocycles. The molecule has 4 nitrogen and oxygen atoms in total. The van der Waals surface area contributed by atoms with E-state index in [0.29, 0.717) is 10.5 Å². The third-order valence-corrected chi connectivity index (χ3v) is 7.93. The van der Waals surface area contributed by atoms with Gasteiger partial charge in [-0.15, -0.1) is 0 Å². The summed E-state index contributed by atoms with van der Waals surface area (Å²) in [7, 11) is 1.08. The number of allylic oxidation sites excluding steroid dienone is 1. The fourth-order valence-corrected chi connectivity index (χ4v) is 6.14. The van der Waals surface area contributed by atoms with E-state index in [4.69, 9.17) is 16.3 Å². The van der Waals surface area contributed by atoms with Crippen LogP contribution >= 0.6 is 27.5 Å². The minimum atomic E-state index is -5.24. The number of nitrogens with zero attached hydrogens (tertiary/aromatic N) is 1. The molecule has 0 heterocycles. The Hall–Kier alpha value is -2.39. The van der Waals surface area contributed by atoms with Crippen molar-refractivity contribution in [2.24, 2.45) is 0 Å². The van der Waals surface area contributed by atoms with Crippen molar-refractivity contribution in [3.05, 3.63) is 68.9 Å². The third kappa shape index (κ3) is 3.92. The number of ether oxygens (including phenoxy) is 1. The van der Waals surface area contributed by atoms with E-state index < -0.39 is 34.8 Å². The predicted molar refractivity (Wildman–Crippen MR) is 123 cm³/mol. The summed E-state index contributed by atoms with van der Waals surface area (Å²) in [6, 6.07) is 9.74. The highest BCUT2D eigenvalue weighted by Crippen LogP contribution is 2.56. The summed E-state index contributed by atoms with van der Waals surface area (Å²) in [6.45, 7) is 0. The maximum Gasteiger partial charge on any atom is 0.471 e. The molecule has 2 aromatic rings. The highest BCUT2D eigenvalue weighted by atomic mass is 79.9. The Balaban J connectivity index is 1.81. The first kappa shape index (κ1) is 24.7. The van der Waals surface area contributed by atoms with Crippen molar-refractivity contribution < 1.29 is 31.9 Å². The molecule has 180 valence electrons. The first-order chi connectivity index (χ1) is 15.9. The van der Waals surface area contributed by atoms with Crippen LogP contribution in [0.5, 0.6) is 0 Å². The molecule has 0 unspecified atom stereocenters. The first-order valence-electron chi connectivity index (χ1n) is 10.4. The first-order valence-corrected chi connectivity index (χ1v) is 11.5. The molecule has 0 aliphatic heterocycles. The van der Waals surface area contributed by atoms with Gasteiger partial charge >= 0.3 is 18.1 Å². The standard InChI is InChI=1S/C24H19BrClF4NO3/c1-34-21(33)23(31(20(32)24(28,29)30)17-4-2-3-15(26)13-17)9-7-22(8-10-23)18-6-5-16(27)11-14(18)12-19(22)25/h2-6,11-13H,7-10H2,1H3. The Kier molecular flexibility index (Phi) is 6.31. The maximum absolute atomic E-state index is 13.8. The van der Waals surface area contributed by atoms with Crippen LogP contribution in [-0.2, 0) is 19.7 Å². The Morgan fingerprint density at radius 1 is 1.09 bits per heavy atom. The number of hydrogen-bond donors (Lipinski definition) is 0. The number of esters is 1. The van der Waals surface area contributed by atoms with Gasteiger partial charge in [0, 0.05) is 20.6 Å². The topological polar surface area (TPSA) is 46.6 Å². The van der Waals surface area contributed by atoms with Crippen molar-refractivity contribution in [3.63, 3.8) is 0 Å². The van der Waals surface area contributed by atoms with Crippen molar-refractivity contribution in [2.75, 3.05) is 12.0 Å². The van der Waals surface area contributed by atoms with Gasteiger partial charge in [-0.05, 0) is 73.2 Å². The van der Waals surface area contributed by atoms with E-state index in [1.807, 2.05) is 0 Å². The van der Waals surface area contributed by atoms with E-state index in [-0.39, 0.29) is 36.4 Å². The summed E-state index contributed by atoms with van der Waals surface area (Å²) >= 11 is 9.56. The van der Waals surface area contributed by atoms with Crippen LogP contribution in [0.2, 0.25) is 5.02 Å². The Bertz CT molecular complexity index is 1190. The van der Waals surface area contributed by atoms with E-state index in [2.05, 4.69) is 15.9 Å². The molecule has 1 fully saturated rings. The Labute approximate surface area is 206 Å². The van der Waals surface area contributed by atoms with E-state index in [9.17, 15) is 27.2 Å². The monoisotopic (exact) mass is 559 g/mol. The zero-order valence-corrected chi connectivity index (χ0v) is 20.2. The summed E-state index contributed by atoms with van der Waals surface area (Å²) in [5.41, 5.74) is -1.24. The van der Waals surface area contributed by atoms with Gasteiger partial charge in [0.1, 0.15) is 11.4 Å². The molecule has 0 bridgehead atoms. The zero-order valence-electron chi connectivity index (χ0n) is 17.9. The Morgan fingerprint density at radius 3 is 2.35 bits per heavy atom. The average molecular weight is 561 g/mol. The lowest BCUT2D eigenvalue weighted by atomic mass is 9.64. The number of alkyl halides is 3. The minimum Gasteiger partial charge on any atom is -0.467 e. The highest BCUT2D eigenvalue weighted by Gasteiger charge is 2.59. The average Bonchev–Trinajstić information content (AvgIpc) is 3.04. The second-order valence-electron chi connectivity index (χ2n) is 8.45. The largest absolute Gasteiger partial charge is 0.471 e. The van der Waals surface area contributed by atoms with Crippen molar-refractivity contribution in [1.29, 1.82) is 0 Å². The second-order valence-corrected chi connectivity index (χ2v) is 9.74. The maximum atomic E-state index is 13.8. The van der Waals surface area contributed by atoms with Gasteiger partial charge in [-0.2, -0.15) is 13.2 Å². The summed E-state index contributed by atoms with van der Waals surface area (Å²) in [5.74, 6) is -3.54. The second kappa shape index (κ2) is 8.68. The number of halogens is 6. The summed E-state index contributed by atoms with van der Waals surface area (Å²) < 4.78 is 60.7. The summed E-state index contributed by atoms with van der Waals surface area (Å²) in [6.07, 6.45) is -3.25. The zero-order chi connectivity index (χ0) is 24.9. The van der Waals surface area contributed by atoms with Crippen molar-refractivity contribution in [1.82, 2.24) is 0 Å².